The largest absolute Gasteiger partial charge is 0.443 e. The standard InChI is InChI=1S/C29H46N6O5/c1-20(30)19-31-24(36)21-12-16-33(17-13-21)23-11-8-10-22(18-23)32-25-34(26(37)39-28(2,3)4)14-9-15-35(25)27(38)40-29(5,6)7/h8,10-11,18,20-21H,9,12-17,19,30H2,1-7H3,(H,31,36)/t20-/m0/s1. The van der Waals surface area contributed by atoms with Gasteiger partial charge in [0.2, 0.25) is 11.9 Å². The van der Waals surface area contributed by atoms with E-state index in [1.54, 1.807) is 41.5 Å². The molecule has 2 aliphatic rings. The molecule has 1 aromatic carbocycles. The smallest absolute Gasteiger partial charge is 0.417 e. The minimum absolute atomic E-state index is 0.0366. The number of piperidine rings is 1. The number of guanidine groups is 1. The third-order valence-corrected chi connectivity index (χ3v) is 6.36. The van der Waals surface area contributed by atoms with Crippen molar-refractivity contribution in [2.24, 2.45) is 16.6 Å². The van der Waals surface area contributed by atoms with Crippen LogP contribution in [0.15, 0.2) is 29.3 Å². The van der Waals surface area contributed by atoms with E-state index in [1.165, 1.54) is 9.80 Å². The Morgan fingerprint density at radius 3 is 2.02 bits per heavy atom. The molecule has 0 unspecified atom stereocenters. The highest BCUT2D eigenvalue weighted by Gasteiger charge is 2.37. The van der Waals surface area contributed by atoms with E-state index in [4.69, 9.17) is 20.2 Å². The Bertz CT molecular complexity index is 1050. The van der Waals surface area contributed by atoms with Crippen molar-refractivity contribution in [3.63, 3.8) is 0 Å². The SMILES string of the molecule is C[C@H](N)CNC(=O)C1CCN(c2cccc(N=C3N(C(=O)OC(C)(C)C)CCCN3C(=O)OC(C)(C)C)c2)CC1. The maximum absolute atomic E-state index is 13.1. The van der Waals surface area contributed by atoms with Crippen LogP contribution in [0.3, 0.4) is 0 Å². The molecule has 3 N–H and O–H groups in total. The first-order valence-electron chi connectivity index (χ1n) is 14.1. The number of carbonyl (C=O) groups is 3. The minimum Gasteiger partial charge on any atom is -0.443 e. The van der Waals surface area contributed by atoms with Crippen LogP contribution < -0.4 is 16.0 Å². The van der Waals surface area contributed by atoms with Crippen molar-refractivity contribution < 1.29 is 23.9 Å². The lowest BCUT2D eigenvalue weighted by Gasteiger charge is -2.37. The molecule has 1 atom stereocenters. The van der Waals surface area contributed by atoms with Crippen molar-refractivity contribution in [1.82, 2.24) is 15.1 Å². The normalized spacial score (nSPS) is 17.8. The van der Waals surface area contributed by atoms with Crippen LogP contribution in [0.2, 0.25) is 0 Å². The van der Waals surface area contributed by atoms with Gasteiger partial charge in [-0.3, -0.25) is 4.79 Å². The molecule has 222 valence electrons. The van der Waals surface area contributed by atoms with E-state index < -0.39 is 23.4 Å². The summed E-state index contributed by atoms with van der Waals surface area (Å²) < 4.78 is 11.3. The predicted octanol–water partition coefficient (Wildman–Crippen LogP) is 4.23. The highest BCUT2D eigenvalue weighted by molar-refractivity contribution is 6.03. The number of hydrogen-bond acceptors (Lipinski definition) is 8. The van der Waals surface area contributed by atoms with Crippen LogP contribution in [0.1, 0.15) is 67.7 Å². The summed E-state index contributed by atoms with van der Waals surface area (Å²) in [6.07, 6.45) is 0.898. The molecule has 3 rings (SSSR count). The monoisotopic (exact) mass is 558 g/mol. The molecule has 0 radical (unpaired) electrons. The number of nitrogens with two attached hydrogens (primary N) is 1. The fourth-order valence-electron chi connectivity index (χ4n) is 4.51. The van der Waals surface area contributed by atoms with E-state index in [9.17, 15) is 14.4 Å². The molecule has 2 aliphatic heterocycles. The number of carbonyl (C=O) groups excluding carboxylic acids is 3. The van der Waals surface area contributed by atoms with Crippen molar-refractivity contribution in [3.8, 4) is 0 Å². The molecule has 11 nitrogen and oxygen atoms in total. The Hall–Kier alpha value is -3.34. The molecule has 0 saturated carbocycles. The fraction of sp³-hybridized carbons (Fsp3) is 0.655. The number of anilines is 1. The molecule has 40 heavy (non-hydrogen) atoms. The summed E-state index contributed by atoms with van der Waals surface area (Å²) in [5.74, 6) is 0.195. The Balaban J connectivity index is 1.83. The topological polar surface area (TPSA) is 130 Å². The van der Waals surface area contributed by atoms with E-state index >= 15 is 0 Å². The van der Waals surface area contributed by atoms with Gasteiger partial charge in [-0.15, -0.1) is 0 Å². The molecule has 0 aromatic heterocycles. The van der Waals surface area contributed by atoms with Crippen molar-refractivity contribution >= 4 is 35.4 Å². The quantitative estimate of drug-likeness (QED) is 0.553. The van der Waals surface area contributed by atoms with Crippen LogP contribution in [0.5, 0.6) is 0 Å². The molecular formula is C29H46N6O5. The number of benzene rings is 1. The Morgan fingerprint density at radius 2 is 1.52 bits per heavy atom. The van der Waals surface area contributed by atoms with Crippen LogP contribution in [0, 0.1) is 5.92 Å². The van der Waals surface area contributed by atoms with Crippen LogP contribution in [0.25, 0.3) is 0 Å². The number of hydrogen-bond donors (Lipinski definition) is 2. The average molecular weight is 559 g/mol. The van der Waals surface area contributed by atoms with Crippen LogP contribution >= 0.6 is 0 Å². The first-order chi connectivity index (χ1) is 18.6. The fourth-order valence-corrected chi connectivity index (χ4v) is 4.51. The van der Waals surface area contributed by atoms with Crippen LogP contribution in [-0.2, 0) is 14.3 Å². The lowest BCUT2D eigenvalue weighted by Crippen LogP contribution is -2.56. The van der Waals surface area contributed by atoms with Gasteiger partial charge in [0, 0.05) is 50.4 Å². The van der Waals surface area contributed by atoms with Gasteiger partial charge in [0.1, 0.15) is 11.2 Å². The average Bonchev–Trinajstić information content (AvgIpc) is 2.85. The highest BCUT2D eigenvalue weighted by atomic mass is 16.6. The summed E-state index contributed by atoms with van der Waals surface area (Å²) in [6.45, 7) is 15.3. The second-order valence-electron chi connectivity index (χ2n) is 12.5. The third kappa shape index (κ3) is 9.11. The zero-order valence-electron chi connectivity index (χ0n) is 25.0. The zero-order chi connectivity index (χ0) is 29.7. The van der Waals surface area contributed by atoms with Gasteiger partial charge in [-0.2, -0.15) is 0 Å². The van der Waals surface area contributed by atoms with E-state index in [0.29, 0.717) is 31.7 Å². The summed E-state index contributed by atoms with van der Waals surface area (Å²) in [5, 5.41) is 2.93. The van der Waals surface area contributed by atoms with Crippen molar-refractivity contribution in [2.45, 2.75) is 85.0 Å². The number of ether oxygens (including phenoxy) is 2. The molecular weight excluding hydrogens is 512 g/mol. The molecule has 3 amide bonds. The van der Waals surface area contributed by atoms with Crippen molar-refractivity contribution in [2.75, 3.05) is 37.6 Å². The molecule has 0 spiro atoms. The van der Waals surface area contributed by atoms with E-state index in [0.717, 1.165) is 31.6 Å². The number of amides is 3. The zero-order valence-corrected chi connectivity index (χ0v) is 25.0. The minimum atomic E-state index is -0.706. The number of rotatable bonds is 5. The summed E-state index contributed by atoms with van der Waals surface area (Å²) in [7, 11) is 0. The van der Waals surface area contributed by atoms with Gasteiger partial charge in [0.25, 0.3) is 0 Å². The first-order valence-corrected chi connectivity index (χ1v) is 14.1. The molecule has 1 aromatic rings. The molecule has 0 bridgehead atoms. The second kappa shape index (κ2) is 12.9. The number of aliphatic imine (C=N–C) groups is 1. The van der Waals surface area contributed by atoms with Gasteiger partial charge < -0.3 is 25.4 Å². The van der Waals surface area contributed by atoms with Gasteiger partial charge >= 0.3 is 12.2 Å². The molecule has 2 heterocycles. The Morgan fingerprint density at radius 1 is 0.975 bits per heavy atom. The lowest BCUT2D eigenvalue weighted by molar-refractivity contribution is -0.125. The Labute approximate surface area is 238 Å². The molecule has 0 aliphatic carbocycles. The molecule has 2 fully saturated rings. The van der Waals surface area contributed by atoms with Crippen molar-refractivity contribution in [3.05, 3.63) is 24.3 Å². The van der Waals surface area contributed by atoms with E-state index in [1.807, 2.05) is 31.2 Å². The molecule has 2 saturated heterocycles. The third-order valence-electron chi connectivity index (χ3n) is 6.36. The second-order valence-corrected chi connectivity index (χ2v) is 12.5. The predicted molar refractivity (Wildman–Crippen MR) is 156 cm³/mol. The maximum Gasteiger partial charge on any atom is 0.417 e. The van der Waals surface area contributed by atoms with Gasteiger partial charge in [-0.05, 0) is 85.9 Å². The first kappa shape index (κ1) is 31.2. The van der Waals surface area contributed by atoms with Crippen molar-refractivity contribution in [1.29, 1.82) is 0 Å². The van der Waals surface area contributed by atoms with Gasteiger partial charge in [-0.1, -0.05) is 6.07 Å². The van der Waals surface area contributed by atoms with Crippen LogP contribution in [-0.4, -0.2) is 83.8 Å². The summed E-state index contributed by atoms with van der Waals surface area (Å²) in [5.41, 5.74) is 5.90. The van der Waals surface area contributed by atoms with Gasteiger partial charge in [0.05, 0.1) is 5.69 Å². The maximum atomic E-state index is 13.1. The Kier molecular flexibility index (Phi) is 10.0. The highest BCUT2D eigenvalue weighted by Crippen LogP contribution is 2.28. The number of nitrogens with one attached hydrogen (secondary N) is 1. The van der Waals surface area contributed by atoms with Gasteiger partial charge in [-0.25, -0.2) is 24.4 Å². The summed E-state index contributed by atoms with van der Waals surface area (Å²) >= 11 is 0. The lowest BCUT2D eigenvalue weighted by atomic mass is 9.95. The van der Waals surface area contributed by atoms with E-state index in [2.05, 4.69) is 10.2 Å². The van der Waals surface area contributed by atoms with Gasteiger partial charge in [0.15, 0.2) is 0 Å². The summed E-state index contributed by atoms with van der Waals surface area (Å²) in [4.78, 5) is 48.6. The van der Waals surface area contributed by atoms with Crippen LogP contribution in [0.4, 0.5) is 21.0 Å². The summed E-state index contributed by atoms with van der Waals surface area (Å²) in [6, 6.07) is 7.58. The van der Waals surface area contributed by atoms with E-state index in [-0.39, 0.29) is 23.8 Å². The molecule has 11 heteroatoms. The number of nitrogens with zero attached hydrogens (tertiary/aromatic N) is 4.